The van der Waals surface area contributed by atoms with Gasteiger partial charge in [0.2, 0.25) is 17.7 Å². The minimum absolute atomic E-state index is 0.0455. The molecule has 11 N–H and O–H groups in total. The highest BCUT2D eigenvalue weighted by atomic mass is 16.4. The molecule has 0 radical (unpaired) electrons. The maximum atomic E-state index is 13.0. The number of nitrogens with zero attached hydrogens (tertiary/aromatic N) is 1. The van der Waals surface area contributed by atoms with E-state index in [2.05, 4.69) is 20.9 Å². The van der Waals surface area contributed by atoms with E-state index < -0.39 is 66.2 Å². The third kappa shape index (κ3) is 12.6. The van der Waals surface area contributed by atoms with Crippen molar-refractivity contribution in [3.8, 4) is 0 Å². The Morgan fingerprint density at radius 1 is 0.800 bits per heavy atom. The van der Waals surface area contributed by atoms with Crippen molar-refractivity contribution >= 4 is 35.6 Å². The van der Waals surface area contributed by atoms with Crippen LogP contribution in [0.1, 0.15) is 53.4 Å². The normalized spacial score (nSPS) is 14.4. The maximum Gasteiger partial charge on any atom is 0.326 e. The number of nitrogens with two attached hydrogens (primary N) is 3. The van der Waals surface area contributed by atoms with Crippen LogP contribution in [0.5, 0.6) is 0 Å². The van der Waals surface area contributed by atoms with Crippen molar-refractivity contribution in [2.24, 2.45) is 34.0 Å². The first-order valence-electron chi connectivity index (χ1n) is 11.3. The third-order valence-electron chi connectivity index (χ3n) is 5.11. The van der Waals surface area contributed by atoms with Gasteiger partial charge in [-0.1, -0.05) is 27.7 Å². The molecule has 14 heteroatoms. The van der Waals surface area contributed by atoms with Crippen LogP contribution < -0.4 is 33.2 Å². The molecule has 0 saturated carbocycles. The molecular formula is C21H39N7O7. The van der Waals surface area contributed by atoms with Crippen LogP contribution in [0.15, 0.2) is 4.99 Å². The van der Waals surface area contributed by atoms with Crippen LogP contribution in [0.25, 0.3) is 0 Å². The van der Waals surface area contributed by atoms with Crippen molar-refractivity contribution in [1.29, 1.82) is 0 Å². The SMILES string of the molecule is CC(C)C(N)C(=O)NC(CCC(=O)O)C(=O)NC(CCCN=C(N)N)C(=O)NC(C(=O)O)C(C)C. The highest BCUT2D eigenvalue weighted by Gasteiger charge is 2.31. The zero-order valence-electron chi connectivity index (χ0n) is 20.6. The van der Waals surface area contributed by atoms with Gasteiger partial charge in [0.1, 0.15) is 18.1 Å². The summed E-state index contributed by atoms with van der Waals surface area (Å²) < 4.78 is 0. The van der Waals surface area contributed by atoms with Crippen molar-refractivity contribution in [3.05, 3.63) is 0 Å². The predicted molar refractivity (Wildman–Crippen MR) is 128 cm³/mol. The number of aliphatic carboxylic acids is 2. The number of nitrogens with one attached hydrogen (secondary N) is 3. The van der Waals surface area contributed by atoms with Crippen molar-refractivity contribution < 1.29 is 34.2 Å². The van der Waals surface area contributed by atoms with E-state index in [0.717, 1.165) is 0 Å². The number of carboxylic acids is 2. The van der Waals surface area contributed by atoms with Crippen molar-refractivity contribution in [3.63, 3.8) is 0 Å². The number of carbonyl (C=O) groups excluding carboxylic acids is 3. The number of hydrogen-bond donors (Lipinski definition) is 8. The van der Waals surface area contributed by atoms with Crippen LogP contribution in [0.3, 0.4) is 0 Å². The van der Waals surface area contributed by atoms with Gasteiger partial charge in [-0.3, -0.25) is 24.2 Å². The summed E-state index contributed by atoms with van der Waals surface area (Å²) >= 11 is 0. The number of rotatable bonds is 16. The van der Waals surface area contributed by atoms with E-state index in [9.17, 15) is 29.1 Å². The lowest BCUT2D eigenvalue weighted by Gasteiger charge is -2.26. The van der Waals surface area contributed by atoms with Gasteiger partial charge < -0.3 is 43.4 Å². The van der Waals surface area contributed by atoms with Gasteiger partial charge in [-0.15, -0.1) is 0 Å². The van der Waals surface area contributed by atoms with Gasteiger partial charge in [-0.25, -0.2) is 4.79 Å². The van der Waals surface area contributed by atoms with Crippen LogP contribution in [0.2, 0.25) is 0 Å². The number of hydrogen-bond acceptors (Lipinski definition) is 7. The molecule has 0 saturated heterocycles. The lowest BCUT2D eigenvalue weighted by Crippen LogP contribution is -2.58. The van der Waals surface area contributed by atoms with E-state index in [1.165, 1.54) is 0 Å². The lowest BCUT2D eigenvalue weighted by molar-refractivity contribution is -0.143. The number of guanidine groups is 1. The molecule has 14 nitrogen and oxygen atoms in total. The van der Waals surface area contributed by atoms with Gasteiger partial charge in [0.05, 0.1) is 6.04 Å². The van der Waals surface area contributed by atoms with Crippen molar-refractivity contribution in [2.45, 2.75) is 77.5 Å². The lowest BCUT2D eigenvalue weighted by atomic mass is 10.0. The van der Waals surface area contributed by atoms with Crippen LogP contribution in [0.4, 0.5) is 0 Å². The Morgan fingerprint density at radius 3 is 1.77 bits per heavy atom. The largest absolute Gasteiger partial charge is 0.481 e. The van der Waals surface area contributed by atoms with Gasteiger partial charge in [0.15, 0.2) is 5.96 Å². The first-order chi connectivity index (χ1) is 16.2. The summed E-state index contributed by atoms with van der Waals surface area (Å²) in [4.78, 5) is 64.6. The molecule has 0 aliphatic heterocycles. The van der Waals surface area contributed by atoms with Gasteiger partial charge in [-0.2, -0.15) is 0 Å². The minimum atomic E-state index is -1.28. The first-order valence-corrected chi connectivity index (χ1v) is 11.3. The third-order valence-corrected chi connectivity index (χ3v) is 5.11. The average molecular weight is 502 g/mol. The molecular weight excluding hydrogens is 462 g/mol. The van der Waals surface area contributed by atoms with E-state index >= 15 is 0 Å². The highest BCUT2D eigenvalue weighted by Crippen LogP contribution is 2.07. The number of carboxylic acid groups (broad SMARTS) is 2. The van der Waals surface area contributed by atoms with Crippen LogP contribution >= 0.6 is 0 Å². The monoisotopic (exact) mass is 501 g/mol. The first kappa shape index (κ1) is 31.6. The van der Waals surface area contributed by atoms with Gasteiger partial charge in [0.25, 0.3) is 0 Å². The van der Waals surface area contributed by atoms with Gasteiger partial charge >= 0.3 is 11.9 Å². The van der Waals surface area contributed by atoms with Crippen LogP contribution in [0, 0.1) is 11.8 Å². The molecule has 35 heavy (non-hydrogen) atoms. The van der Waals surface area contributed by atoms with Crippen LogP contribution in [-0.4, -0.2) is 76.5 Å². The molecule has 4 unspecified atom stereocenters. The highest BCUT2D eigenvalue weighted by molar-refractivity contribution is 5.94. The quantitative estimate of drug-likeness (QED) is 0.0661. The van der Waals surface area contributed by atoms with E-state index in [1.54, 1.807) is 27.7 Å². The number of aliphatic imine (C=N–C) groups is 1. The molecule has 0 heterocycles. The Kier molecular flexibility index (Phi) is 14.0. The zero-order valence-corrected chi connectivity index (χ0v) is 20.6. The second-order valence-electron chi connectivity index (χ2n) is 8.84. The second-order valence-corrected chi connectivity index (χ2v) is 8.84. The molecule has 3 amide bonds. The maximum absolute atomic E-state index is 13.0. The van der Waals surface area contributed by atoms with Gasteiger partial charge in [-0.05, 0) is 31.1 Å². The standard InChI is InChI=1S/C21H39N7O7/c1-10(2)15(22)19(33)27-13(7-8-14(29)30)17(31)26-12(6-5-9-25-21(23)24)18(32)28-16(11(3)4)20(34)35/h10-13,15-16H,5-9,22H2,1-4H3,(H,26,31)(H,27,33)(H,28,32)(H,29,30)(H,34,35)(H4,23,24,25). The molecule has 0 bridgehead atoms. The summed E-state index contributed by atoms with van der Waals surface area (Å²) in [7, 11) is 0. The minimum Gasteiger partial charge on any atom is -0.481 e. The summed E-state index contributed by atoms with van der Waals surface area (Å²) in [6.45, 7) is 6.79. The van der Waals surface area contributed by atoms with E-state index in [-0.39, 0.29) is 37.7 Å². The van der Waals surface area contributed by atoms with E-state index in [1.807, 2.05) is 0 Å². The summed E-state index contributed by atoms with van der Waals surface area (Å²) in [5.74, 6) is -5.47. The summed E-state index contributed by atoms with van der Waals surface area (Å²) in [6.07, 6.45) is -0.362. The molecule has 0 aromatic heterocycles. The second kappa shape index (κ2) is 15.5. The Morgan fingerprint density at radius 2 is 1.31 bits per heavy atom. The van der Waals surface area contributed by atoms with Crippen molar-refractivity contribution in [1.82, 2.24) is 16.0 Å². The zero-order chi connectivity index (χ0) is 27.3. The molecule has 0 aromatic rings. The molecule has 0 rings (SSSR count). The summed E-state index contributed by atoms with van der Waals surface area (Å²) in [5, 5.41) is 25.7. The summed E-state index contributed by atoms with van der Waals surface area (Å²) in [5.41, 5.74) is 16.4. The molecule has 200 valence electrons. The Labute approximate surface area is 204 Å². The van der Waals surface area contributed by atoms with Crippen LogP contribution in [-0.2, 0) is 24.0 Å². The molecule has 0 aliphatic carbocycles. The number of carbonyl (C=O) groups is 5. The van der Waals surface area contributed by atoms with E-state index in [0.29, 0.717) is 0 Å². The smallest absolute Gasteiger partial charge is 0.326 e. The molecule has 0 fully saturated rings. The van der Waals surface area contributed by atoms with Crippen molar-refractivity contribution in [2.75, 3.05) is 6.54 Å². The Bertz CT molecular complexity index is 782. The molecule has 4 atom stereocenters. The molecule has 0 aromatic carbocycles. The fourth-order valence-electron chi connectivity index (χ4n) is 2.92. The predicted octanol–water partition coefficient (Wildman–Crippen LogP) is -1.92. The fourth-order valence-corrected chi connectivity index (χ4v) is 2.92. The number of amides is 3. The molecule has 0 spiro atoms. The Balaban J connectivity index is 5.68. The fraction of sp³-hybridized carbons (Fsp3) is 0.714. The Hall–Kier alpha value is -3.42. The average Bonchev–Trinajstić information content (AvgIpc) is 2.74. The van der Waals surface area contributed by atoms with Gasteiger partial charge in [0, 0.05) is 13.0 Å². The summed E-state index contributed by atoms with van der Waals surface area (Å²) in [6, 6.07) is -4.61. The topological polar surface area (TPSA) is 252 Å². The molecule has 0 aliphatic rings. The van der Waals surface area contributed by atoms with E-state index in [4.69, 9.17) is 22.3 Å².